The van der Waals surface area contributed by atoms with E-state index in [4.69, 9.17) is 0 Å². The van der Waals surface area contributed by atoms with Gasteiger partial charge < -0.3 is 10.2 Å². The van der Waals surface area contributed by atoms with Gasteiger partial charge in [-0.3, -0.25) is 0 Å². The van der Waals surface area contributed by atoms with E-state index in [1.807, 2.05) is 7.05 Å². The lowest BCUT2D eigenvalue weighted by molar-refractivity contribution is 0.377. The molecule has 0 aliphatic carbocycles. The molecule has 0 atom stereocenters. The standard InChI is InChI=1S/C16H25N5/c1-4-13-14(10-17)16(20-19-15(13)5-2)21(3)11-12-6-8-18-9-7-12/h12,18H,4-9,11H2,1-3H3. The fraction of sp³-hybridized carbons (Fsp3) is 0.688. The number of nitrogens with zero attached hydrogens (tertiary/aromatic N) is 4. The molecule has 1 N–H and O–H groups in total. The van der Waals surface area contributed by atoms with E-state index in [2.05, 4.69) is 40.3 Å². The van der Waals surface area contributed by atoms with Crippen LogP contribution >= 0.6 is 0 Å². The van der Waals surface area contributed by atoms with Crippen LogP contribution in [0.25, 0.3) is 0 Å². The Morgan fingerprint density at radius 2 is 1.95 bits per heavy atom. The van der Waals surface area contributed by atoms with E-state index in [1.54, 1.807) is 0 Å². The Morgan fingerprint density at radius 1 is 1.24 bits per heavy atom. The molecule has 1 aliphatic heterocycles. The summed E-state index contributed by atoms with van der Waals surface area (Å²) in [5.74, 6) is 1.41. The molecule has 1 aromatic heterocycles. The van der Waals surface area contributed by atoms with Crippen LogP contribution in [0.2, 0.25) is 0 Å². The minimum Gasteiger partial charge on any atom is -0.357 e. The van der Waals surface area contributed by atoms with Crippen molar-refractivity contribution >= 4 is 5.82 Å². The third kappa shape index (κ3) is 3.51. The third-order valence-corrected chi connectivity index (χ3v) is 4.29. The molecule has 2 rings (SSSR count). The first kappa shape index (κ1) is 15.7. The SMILES string of the molecule is CCc1nnc(N(C)CC2CCNCC2)c(C#N)c1CC. The maximum Gasteiger partial charge on any atom is 0.169 e. The summed E-state index contributed by atoms with van der Waals surface area (Å²) in [7, 11) is 2.03. The molecule has 5 heteroatoms. The van der Waals surface area contributed by atoms with Crippen molar-refractivity contribution in [1.82, 2.24) is 15.5 Å². The van der Waals surface area contributed by atoms with Gasteiger partial charge in [-0.1, -0.05) is 13.8 Å². The number of aryl methyl sites for hydroxylation is 1. The van der Waals surface area contributed by atoms with E-state index >= 15 is 0 Å². The molecule has 0 radical (unpaired) electrons. The molecule has 0 aromatic carbocycles. The van der Waals surface area contributed by atoms with Crippen LogP contribution in [0.15, 0.2) is 0 Å². The molecule has 0 amide bonds. The maximum atomic E-state index is 9.55. The molecule has 0 saturated carbocycles. The zero-order valence-electron chi connectivity index (χ0n) is 13.3. The van der Waals surface area contributed by atoms with Crippen molar-refractivity contribution in [2.24, 2.45) is 5.92 Å². The van der Waals surface area contributed by atoms with Crippen LogP contribution in [0.4, 0.5) is 5.82 Å². The monoisotopic (exact) mass is 287 g/mol. The zero-order chi connectivity index (χ0) is 15.2. The van der Waals surface area contributed by atoms with E-state index in [0.29, 0.717) is 11.5 Å². The van der Waals surface area contributed by atoms with Crippen LogP contribution in [0, 0.1) is 17.2 Å². The van der Waals surface area contributed by atoms with Gasteiger partial charge in [-0.05, 0) is 50.3 Å². The van der Waals surface area contributed by atoms with Gasteiger partial charge in [0.2, 0.25) is 0 Å². The lowest BCUT2D eigenvalue weighted by atomic mass is 9.97. The quantitative estimate of drug-likeness (QED) is 0.896. The van der Waals surface area contributed by atoms with Crippen molar-refractivity contribution in [2.75, 3.05) is 31.6 Å². The Labute approximate surface area is 127 Å². The van der Waals surface area contributed by atoms with E-state index in [1.165, 1.54) is 12.8 Å². The first-order chi connectivity index (χ1) is 10.2. The van der Waals surface area contributed by atoms with Crippen molar-refractivity contribution in [1.29, 1.82) is 5.26 Å². The number of rotatable bonds is 5. The molecule has 1 fully saturated rings. The summed E-state index contributed by atoms with van der Waals surface area (Å²) >= 11 is 0. The van der Waals surface area contributed by atoms with Crippen molar-refractivity contribution < 1.29 is 0 Å². The molecule has 5 nitrogen and oxygen atoms in total. The highest BCUT2D eigenvalue weighted by Crippen LogP contribution is 2.24. The van der Waals surface area contributed by atoms with Gasteiger partial charge in [0, 0.05) is 13.6 Å². The van der Waals surface area contributed by atoms with Gasteiger partial charge in [0.15, 0.2) is 5.82 Å². The second-order valence-electron chi connectivity index (χ2n) is 5.72. The Hall–Kier alpha value is -1.67. The summed E-state index contributed by atoms with van der Waals surface area (Å²) in [4.78, 5) is 2.11. The van der Waals surface area contributed by atoms with Gasteiger partial charge >= 0.3 is 0 Å². The molecular formula is C16H25N5. The Kier molecular flexibility index (Phi) is 5.51. The lowest BCUT2D eigenvalue weighted by Crippen LogP contribution is -2.35. The highest BCUT2D eigenvalue weighted by Gasteiger charge is 2.20. The topological polar surface area (TPSA) is 64.8 Å². The number of nitriles is 1. The average molecular weight is 287 g/mol. The number of hydrogen-bond donors (Lipinski definition) is 1. The van der Waals surface area contributed by atoms with Crippen molar-refractivity contribution in [3.05, 3.63) is 16.8 Å². The van der Waals surface area contributed by atoms with Crippen LogP contribution < -0.4 is 10.2 Å². The first-order valence-electron chi connectivity index (χ1n) is 7.91. The summed E-state index contributed by atoms with van der Waals surface area (Å²) in [6.07, 6.45) is 4.03. The highest BCUT2D eigenvalue weighted by molar-refractivity contribution is 5.57. The molecule has 1 aliphatic rings. The van der Waals surface area contributed by atoms with E-state index in [-0.39, 0.29) is 0 Å². The lowest BCUT2D eigenvalue weighted by Gasteiger charge is -2.28. The minimum atomic E-state index is 0.667. The summed E-state index contributed by atoms with van der Waals surface area (Å²) in [6, 6.07) is 2.35. The van der Waals surface area contributed by atoms with Gasteiger partial charge in [-0.15, -0.1) is 5.10 Å². The molecule has 1 aromatic rings. The molecule has 0 spiro atoms. The smallest absolute Gasteiger partial charge is 0.169 e. The number of nitrogens with one attached hydrogen (secondary N) is 1. The van der Waals surface area contributed by atoms with Gasteiger partial charge in [0.05, 0.1) is 5.69 Å². The van der Waals surface area contributed by atoms with Crippen LogP contribution in [0.3, 0.4) is 0 Å². The van der Waals surface area contributed by atoms with E-state index in [9.17, 15) is 5.26 Å². The molecule has 114 valence electrons. The predicted molar refractivity (Wildman–Crippen MR) is 84.4 cm³/mol. The van der Waals surface area contributed by atoms with Gasteiger partial charge in [0.25, 0.3) is 0 Å². The summed E-state index contributed by atoms with van der Waals surface area (Å²) < 4.78 is 0. The van der Waals surface area contributed by atoms with Crippen LogP contribution in [-0.2, 0) is 12.8 Å². The fourth-order valence-corrected chi connectivity index (χ4v) is 3.08. The fourth-order valence-electron chi connectivity index (χ4n) is 3.08. The van der Waals surface area contributed by atoms with Gasteiger partial charge in [-0.25, -0.2) is 0 Å². The third-order valence-electron chi connectivity index (χ3n) is 4.29. The van der Waals surface area contributed by atoms with Crippen molar-refractivity contribution in [2.45, 2.75) is 39.5 Å². The van der Waals surface area contributed by atoms with Crippen LogP contribution in [-0.4, -0.2) is 36.9 Å². The largest absolute Gasteiger partial charge is 0.357 e. The van der Waals surface area contributed by atoms with Gasteiger partial charge in [0.1, 0.15) is 11.6 Å². The normalized spacial score (nSPS) is 15.7. The molecule has 21 heavy (non-hydrogen) atoms. The highest BCUT2D eigenvalue weighted by atomic mass is 15.3. The van der Waals surface area contributed by atoms with Crippen LogP contribution in [0.1, 0.15) is 43.5 Å². The maximum absolute atomic E-state index is 9.55. The molecule has 2 heterocycles. The molecule has 1 saturated heterocycles. The average Bonchev–Trinajstić information content (AvgIpc) is 2.53. The minimum absolute atomic E-state index is 0.667. The number of aromatic nitrogens is 2. The predicted octanol–water partition coefficient (Wildman–Crippen LogP) is 1.91. The molecular weight excluding hydrogens is 262 g/mol. The second-order valence-corrected chi connectivity index (χ2v) is 5.72. The summed E-state index contributed by atoms with van der Waals surface area (Å²) in [6.45, 7) is 7.25. The summed E-state index contributed by atoms with van der Waals surface area (Å²) in [5.41, 5.74) is 2.72. The van der Waals surface area contributed by atoms with E-state index < -0.39 is 0 Å². The van der Waals surface area contributed by atoms with Crippen molar-refractivity contribution in [3.63, 3.8) is 0 Å². The Morgan fingerprint density at radius 3 is 2.52 bits per heavy atom. The Bertz CT molecular complexity index is 514. The second kappa shape index (κ2) is 7.37. The first-order valence-corrected chi connectivity index (χ1v) is 7.91. The number of piperidine rings is 1. The number of anilines is 1. The zero-order valence-corrected chi connectivity index (χ0v) is 13.3. The molecule has 0 bridgehead atoms. The van der Waals surface area contributed by atoms with Crippen LogP contribution in [0.5, 0.6) is 0 Å². The number of hydrogen-bond acceptors (Lipinski definition) is 5. The Balaban J connectivity index is 2.23. The van der Waals surface area contributed by atoms with E-state index in [0.717, 1.165) is 49.6 Å². The molecule has 0 unspecified atom stereocenters. The van der Waals surface area contributed by atoms with Gasteiger partial charge in [-0.2, -0.15) is 10.4 Å². The summed E-state index contributed by atoms with van der Waals surface area (Å²) in [5, 5.41) is 21.6. The van der Waals surface area contributed by atoms with Crippen molar-refractivity contribution in [3.8, 4) is 6.07 Å².